The number of nitrogens with zero attached hydrogens (tertiary/aromatic N) is 2. The van der Waals surface area contributed by atoms with Gasteiger partial charge in [-0.05, 0) is 69.6 Å². The molecular weight excluding hydrogens is 432 g/mol. The summed E-state index contributed by atoms with van der Waals surface area (Å²) in [7, 11) is 4.35. The maximum absolute atomic E-state index is 11.8. The van der Waals surface area contributed by atoms with Crippen molar-refractivity contribution in [3.63, 3.8) is 0 Å². The van der Waals surface area contributed by atoms with Crippen molar-refractivity contribution in [2.75, 3.05) is 33.7 Å². The number of likely N-dealkylation sites (tertiary alicyclic amines) is 1. The zero-order valence-electron chi connectivity index (χ0n) is 20.2. The van der Waals surface area contributed by atoms with E-state index in [-0.39, 0.29) is 5.92 Å². The number of hydrogen-bond acceptors (Lipinski definition) is 4. The number of rotatable bonds is 8. The van der Waals surface area contributed by atoms with Crippen molar-refractivity contribution >= 4 is 11.6 Å². The molecule has 0 radical (unpaired) electrons. The van der Waals surface area contributed by atoms with Crippen molar-refractivity contribution in [2.24, 2.45) is 0 Å². The average Bonchev–Trinajstić information content (AvgIpc) is 2.83. The highest BCUT2D eigenvalue weighted by Crippen LogP contribution is 2.42. The summed E-state index contributed by atoms with van der Waals surface area (Å²) in [6.45, 7) is 3.53. The number of ether oxygens (including phenoxy) is 1. The first-order valence-electron chi connectivity index (χ1n) is 12.5. The molecule has 1 heterocycles. The van der Waals surface area contributed by atoms with Gasteiger partial charge in [-0.1, -0.05) is 67.3 Å². The van der Waals surface area contributed by atoms with Crippen LogP contribution in [0, 0.1) is 0 Å². The average molecular weight is 471 g/mol. The zero-order valence-corrected chi connectivity index (χ0v) is 20.9. The highest BCUT2D eigenvalue weighted by molar-refractivity contribution is 6.32. The molecule has 1 N–H and O–H groups in total. The van der Waals surface area contributed by atoms with Gasteiger partial charge in [-0.3, -0.25) is 0 Å². The molecule has 2 fully saturated rings. The van der Waals surface area contributed by atoms with Crippen LogP contribution in [-0.4, -0.2) is 60.3 Å². The maximum atomic E-state index is 11.8. The minimum atomic E-state index is -0.668. The lowest BCUT2D eigenvalue weighted by atomic mass is 9.72. The van der Waals surface area contributed by atoms with Gasteiger partial charge >= 0.3 is 0 Å². The van der Waals surface area contributed by atoms with Gasteiger partial charge in [0.2, 0.25) is 0 Å². The molecule has 0 amide bonds. The van der Waals surface area contributed by atoms with Crippen LogP contribution in [0.4, 0.5) is 0 Å². The monoisotopic (exact) mass is 470 g/mol. The fraction of sp³-hybridized carbons (Fsp3) is 0.571. The Labute approximate surface area is 204 Å². The molecule has 2 aliphatic rings. The Bertz CT molecular complexity index is 883. The van der Waals surface area contributed by atoms with Gasteiger partial charge < -0.3 is 19.6 Å². The van der Waals surface area contributed by atoms with Crippen molar-refractivity contribution in [1.82, 2.24) is 9.80 Å². The minimum Gasteiger partial charge on any atom is -0.487 e. The number of likely N-dealkylation sites (N-methyl/N-ethyl adjacent to an activating group) is 1. The van der Waals surface area contributed by atoms with E-state index in [1.54, 1.807) is 0 Å². The Kier molecular flexibility index (Phi) is 8.34. The van der Waals surface area contributed by atoms with Gasteiger partial charge in [-0.2, -0.15) is 0 Å². The summed E-state index contributed by atoms with van der Waals surface area (Å²) < 4.78 is 6.01. The van der Waals surface area contributed by atoms with Crippen LogP contribution in [0.2, 0.25) is 5.02 Å². The van der Waals surface area contributed by atoms with Crippen molar-refractivity contribution < 1.29 is 9.84 Å². The third-order valence-electron chi connectivity index (χ3n) is 7.62. The third-order valence-corrected chi connectivity index (χ3v) is 7.91. The summed E-state index contributed by atoms with van der Waals surface area (Å²) in [6.07, 6.45) is 7.60. The second-order valence-electron chi connectivity index (χ2n) is 10.2. The predicted molar refractivity (Wildman–Crippen MR) is 136 cm³/mol. The Balaban J connectivity index is 1.53. The third kappa shape index (κ3) is 6.30. The molecule has 2 aromatic carbocycles. The molecule has 4 nitrogen and oxygen atoms in total. The molecule has 0 bridgehead atoms. The fourth-order valence-corrected chi connectivity index (χ4v) is 5.80. The second kappa shape index (κ2) is 11.2. The van der Waals surface area contributed by atoms with Crippen LogP contribution in [0.15, 0.2) is 48.5 Å². The van der Waals surface area contributed by atoms with Crippen molar-refractivity contribution in [1.29, 1.82) is 0 Å². The van der Waals surface area contributed by atoms with Crippen LogP contribution in [0.5, 0.6) is 5.75 Å². The lowest BCUT2D eigenvalue weighted by Crippen LogP contribution is -2.50. The van der Waals surface area contributed by atoms with E-state index in [0.717, 1.165) is 56.4 Å². The lowest BCUT2D eigenvalue weighted by molar-refractivity contribution is -0.0344. The fourth-order valence-electron chi connectivity index (χ4n) is 5.56. The molecule has 4 rings (SSSR count). The van der Waals surface area contributed by atoms with Crippen LogP contribution < -0.4 is 4.74 Å². The summed E-state index contributed by atoms with van der Waals surface area (Å²) in [5.41, 5.74) is 1.58. The van der Waals surface area contributed by atoms with Gasteiger partial charge in [0.1, 0.15) is 12.4 Å². The number of benzene rings is 2. The molecular formula is C28H39ClN2O2. The molecule has 0 spiro atoms. The SMILES string of the molecule is CN(C)[C@H]1CCCN(CC(c2ccc(OCc3ccccc3)c(Cl)c2)C2(O)CCCCC2)C1. The van der Waals surface area contributed by atoms with Gasteiger partial charge in [-0.15, -0.1) is 0 Å². The Morgan fingerprint density at radius 2 is 1.85 bits per heavy atom. The van der Waals surface area contributed by atoms with Crippen LogP contribution in [-0.2, 0) is 6.61 Å². The maximum Gasteiger partial charge on any atom is 0.138 e. The molecule has 5 heteroatoms. The van der Waals surface area contributed by atoms with Crippen LogP contribution in [0.1, 0.15) is 62.0 Å². The normalized spacial score (nSPS) is 22.3. The van der Waals surface area contributed by atoms with E-state index in [1.807, 2.05) is 30.3 Å². The van der Waals surface area contributed by atoms with Crippen molar-refractivity contribution in [2.45, 2.75) is 69.1 Å². The van der Waals surface area contributed by atoms with E-state index in [1.165, 1.54) is 19.3 Å². The predicted octanol–water partition coefficient (Wildman–Crippen LogP) is 5.72. The van der Waals surface area contributed by atoms with Crippen LogP contribution in [0.25, 0.3) is 0 Å². The Morgan fingerprint density at radius 1 is 1.09 bits per heavy atom. The molecule has 0 aromatic heterocycles. The van der Waals surface area contributed by atoms with Gasteiger partial charge in [0.05, 0.1) is 10.6 Å². The Hall–Kier alpha value is -1.59. The van der Waals surface area contributed by atoms with Crippen molar-refractivity contribution in [3.8, 4) is 5.75 Å². The first-order valence-corrected chi connectivity index (χ1v) is 12.9. The molecule has 1 unspecified atom stereocenters. The van der Waals surface area contributed by atoms with Crippen LogP contribution >= 0.6 is 11.6 Å². The summed E-state index contributed by atoms with van der Waals surface area (Å²) in [6, 6.07) is 16.9. The molecule has 1 saturated heterocycles. The quantitative estimate of drug-likeness (QED) is 0.535. The number of halogens is 1. The summed E-state index contributed by atoms with van der Waals surface area (Å²) in [5.74, 6) is 0.753. The molecule has 1 saturated carbocycles. The van der Waals surface area contributed by atoms with E-state index in [9.17, 15) is 5.11 Å². The summed E-state index contributed by atoms with van der Waals surface area (Å²) >= 11 is 6.70. The van der Waals surface area contributed by atoms with Gasteiger partial charge in [0.15, 0.2) is 0 Å². The first kappa shape index (κ1) is 24.5. The summed E-state index contributed by atoms with van der Waals surface area (Å²) in [5, 5.41) is 12.4. The van der Waals surface area contributed by atoms with E-state index < -0.39 is 5.60 Å². The lowest BCUT2D eigenvalue weighted by Gasteiger charge is -2.44. The molecule has 33 heavy (non-hydrogen) atoms. The van der Waals surface area contributed by atoms with E-state index in [2.05, 4.69) is 42.1 Å². The highest BCUT2D eigenvalue weighted by Gasteiger charge is 2.40. The first-order chi connectivity index (χ1) is 15.9. The largest absolute Gasteiger partial charge is 0.487 e. The van der Waals surface area contributed by atoms with Crippen LogP contribution in [0.3, 0.4) is 0 Å². The standard InChI is InChI=1S/C28H39ClN2O2/c1-30(2)24-12-9-17-31(19-24)20-25(28(32)15-7-4-8-16-28)23-13-14-27(26(29)18-23)33-21-22-10-5-3-6-11-22/h3,5-6,10-11,13-14,18,24-25,32H,4,7-9,12,15-17,19-21H2,1-2H3/t24-,25?/m0/s1. The zero-order chi connectivity index (χ0) is 23.3. The van der Waals surface area contributed by atoms with Gasteiger partial charge in [0, 0.05) is 25.0 Å². The molecule has 180 valence electrons. The van der Waals surface area contributed by atoms with Gasteiger partial charge in [-0.25, -0.2) is 0 Å². The van der Waals surface area contributed by atoms with Crippen molar-refractivity contribution in [3.05, 3.63) is 64.7 Å². The smallest absolute Gasteiger partial charge is 0.138 e. The van der Waals surface area contributed by atoms with E-state index in [4.69, 9.17) is 16.3 Å². The number of hydrogen-bond donors (Lipinski definition) is 1. The van der Waals surface area contributed by atoms with E-state index >= 15 is 0 Å². The molecule has 1 aliphatic heterocycles. The van der Waals surface area contributed by atoms with Gasteiger partial charge in [0.25, 0.3) is 0 Å². The highest BCUT2D eigenvalue weighted by atomic mass is 35.5. The molecule has 1 aliphatic carbocycles. The second-order valence-corrected chi connectivity index (χ2v) is 10.6. The minimum absolute atomic E-state index is 0.0550. The molecule has 2 atom stereocenters. The topological polar surface area (TPSA) is 35.9 Å². The van der Waals surface area contributed by atoms with E-state index in [0.29, 0.717) is 23.4 Å². The molecule has 2 aromatic rings. The number of aliphatic hydroxyl groups is 1. The summed E-state index contributed by atoms with van der Waals surface area (Å²) in [4.78, 5) is 4.89. The number of piperidine rings is 1. The Morgan fingerprint density at radius 3 is 2.55 bits per heavy atom.